The van der Waals surface area contributed by atoms with Crippen LogP contribution in [0.25, 0.3) is 0 Å². The van der Waals surface area contributed by atoms with Crippen LogP contribution in [0.4, 0.5) is 4.79 Å². The molecule has 0 spiro atoms. The van der Waals surface area contributed by atoms with E-state index in [1.165, 1.54) is 25.9 Å². The Bertz CT molecular complexity index is 638. The second-order valence-corrected chi connectivity index (χ2v) is 7.61. The van der Waals surface area contributed by atoms with Crippen LogP contribution in [0.3, 0.4) is 0 Å². The normalized spacial score (nSPS) is 15.9. The molecule has 134 valence electrons. The van der Waals surface area contributed by atoms with Crippen LogP contribution in [0.15, 0.2) is 47.8 Å². The van der Waals surface area contributed by atoms with Gasteiger partial charge in [0.15, 0.2) is 0 Å². The molecule has 1 atom stereocenters. The summed E-state index contributed by atoms with van der Waals surface area (Å²) in [6.45, 7) is 4.30. The molecule has 2 aromatic rings. The number of urea groups is 1. The first-order valence-electron chi connectivity index (χ1n) is 9.06. The number of nitrogens with one attached hydrogen (secondary N) is 1. The highest BCUT2D eigenvalue weighted by Gasteiger charge is 2.20. The summed E-state index contributed by atoms with van der Waals surface area (Å²) in [7, 11) is 1.88. The van der Waals surface area contributed by atoms with Crippen molar-refractivity contribution in [1.29, 1.82) is 0 Å². The van der Waals surface area contributed by atoms with Crippen molar-refractivity contribution in [3.8, 4) is 0 Å². The van der Waals surface area contributed by atoms with Gasteiger partial charge in [-0.1, -0.05) is 36.4 Å². The largest absolute Gasteiger partial charge is 0.328 e. The lowest BCUT2D eigenvalue weighted by Crippen LogP contribution is -2.40. The van der Waals surface area contributed by atoms with Crippen molar-refractivity contribution in [2.75, 3.05) is 33.2 Å². The molecule has 0 saturated carbocycles. The minimum Gasteiger partial charge on any atom is -0.328 e. The Balaban J connectivity index is 1.56. The number of nitrogens with zero attached hydrogens (tertiary/aromatic N) is 2. The molecule has 3 rings (SSSR count). The third-order valence-electron chi connectivity index (χ3n) is 4.74. The highest BCUT2D eigenvalue weighted by Crippen LogP contribution is 2.26. The SMILES string of the molecule is CN(CCCN1CCCC1)C(=O)N[C@@H](c1ccccc1)c1cccs1. The number of thiophene rings is 1. The highest BCUT2D eigenvalue weighted by atomic mass is 32.1. The first-order chi connectivity index (χ1) is 12.2. The van der Waals surface area contributed by atoms with E-state index in [0.29, 0.717) is 0 Å². The second kappa shape index (κ2) is 9.02. The minimum atomic E-state index is -0.0882. The fourth-order valence-corrected chi connectivity index (χ4v) is 4.10. The molecule has 1 aromatic carbocycles. The maximum absolute atomic E-state index is 12.7. The predicted octanol–water partition coefficient (Wildman–Crippen LogP) is 3.96. The lowest BCUT2D eigenvalue weighted by Gasteiger charge is -2.24. The highest BCUT2D eigenvalue weighted by molar-refractivity contribution is 7.10. The molecule has 25 heavy (non-hydrogen) atoms. The van der Waals surface area contributed by atoms with Crippen LogP contribution in [0.2, 0.25) is 0 Å². The van der Waals surface area contributed by atoms with Crippen LogP contribution >= 0.6 is 11.3 Å². The van der Waals surface area contributed by atoms with Gasteiger partial charge in [-0.05, 0) is 55.9 Å². The van der Waals surface area contributed by atoms with E-state index in [0.717, 1.165) is 30.0 Å². The standard InChI is InChI=1S/C20H27N3OS/c1-22(12-8-15-23-13-5-6-14-23)20(24)21-19(18-11-7-16-25-18)17-9-3-2-4-10-17/h2-4,7,9-11,16,19H,5-6,8,12-15H2,1H3,(H,21,24)/t19-/m0/s1. The summed E-state index contributed by atoms with van der Waals surface area (Å²) in [5.74, 6) is 0. The Morgan fingerprint density at radius 3 is 2.64 bits per heavy atom. The van der Waals surface area contributed by atoms with Gasteiger partial charge in [-0.15, -0.1) is 11.3 Å². The third kappa shape index (κ3) is 5.06. The number of amides is 2. The molecule has 2 heterocycles. The lowest BCUT2D eigenvalue weighted by atomic mass is 10.1. The van der Waals surface area contributed by atoms with Crippen LogP contribution in [0.5, 0.6) is 0 Å². The van der Waals surface area contributed by atoms with Crippen molar-refractivity contribution in [3.05, 3.63) is 58.3 Å². The zero-order chi connectivity index (χ0) is 17.5. The van der Waals surface area contributed by atoms with Gasteiger partial charge in [-0.3, -0.25) is 0 Å². The maximum atomic E-state index is 12.7. The van der Waals surface area contributed by atoms with Crippen molar-refractivity contribution in [2.45, 2.75) is 25.3 Å². The van der Waals surface area contributed by atoms with Gasteiger partial charge < -0.3 is 15.1 Å². The topological polar surface area (TPSA) is 35.6 Å². The number of benzene rings is 1. The Labute approximate surface area is 154 Å². The maximum Gasteiger partial charge on any atom is 0.317 e. The molecule has 1 aliphatic heterocycles. The first kappa shape index (κ1) is 18.0. The van der Waals surface area contributed by atoms with E-state index >= 15 is 0 Å². The van der Waals surface area contributed by atoms with Gasteiger partial charge in [0.2, 0.25) is 0 Å². The first-order valence-corrected chi connectivity index (χ1v) is 9.94. The van der Waals surface area contributed by atoms with Crippen molar-refractivity contribution in [2.24, 2.45) is 0 Å². The minimum absolute atomic E-state index is 0.0105. The van der Waals surface area contributed by atoms with E-state index < -0.39 is 0 Å². The zero-order valence-electron chi connectivity index (χ0n) is 14.9. The number of likely N-dealkylation sites (tertiary alicyclic amines) is 1. The Hall–Kier alpha value is -1.85. The number of carbonyl (C=O) groups is 1. The van der Waals surface area contributed by atoms with Gasteiger partial charge in [-0.2, -0.15) is 0 Å². The van der Waals surface area contributed by atoms with Gasteiger partial charge in [-0.25, -0.2) is 4.79 Å². The monoisotopic (exact) mass is 357 g/mol. The van der Waals surface area contributed by atoms with Gasteiger partial charge >= 0.3 is 6.03 Å². The summed E-state index contributed by atoms with van der Waals surface area (Å²) in [5.41, 5.74) is 1.11. The van der Waals surface area contributed by atoms with Crippen LogP contribution in [0, 0.1) is 0 Å². The summed E-state index contributed by atoms with van der Waals surface area (Å²) in [4.78, 5) is 18.1. The van der Waals surface area contributed by atoms with Gasteiger partial charge in [0, 0.05) is 18.5 Å². The van der Waals surface area contributed by atoms with E-state index in [2.05, 4.69) is 33.8 Å². The van der Waals surface area contributed by atoms with Crippen molar-refractivity contribution in [1.82, 2.24) is 15.1 Å². The molecule has 0 aliphatic carbocycles. The predicted molar refractivity (Wildman–Crippen MR) is 104 cm³/mol. The molecule has 1 aromatic heterocycles. The molecular weight excluding hydrogens is 330 g/mol. The zero-order valence-corrected chi connectivity index (χ0v) is 15.7. The molecular formula is C20H27N3OS. The van der Waals surface area contributed by atoms with Gasteiger partial charge in [0.05, 0.1) is 6.04 Å². The van der Waals surface area contributed by atoms with Crippen LogP contribution in [-0.2, 0) is 0 Å². The Kier molecular flexibility index (Phi) is 6.48. The van der Waals surface area contributed by atoms with E-state index in [9.17, 15) is 4.79 Å². The van der Waals surface area contributed by atoms with Gasteiger partial charge in [0.25, 0.3) is 0 Å². The summed E-state index contributed by atoms with van der Waals surface area (Å²) in [6.07, 6.45) is 3.66. The van der Waals surface area contributed by atoms with Crippen LogP contribution in [-0.4, -0.2) is 49.1 Å². The second-order valence-electron chi connectivity index (χ2n) is 6.63. The van der Waals surface area contributed by atoms with Crippen LogP contribution < -0.4 is 5.32 Å². The average Bonchev–Trinajstić information content (AvgIpc) is 3.34. The fraction of sp³-hybridized carbons (Fsp3) is 0.450. The summed E-state index contributed by atoms with van der Waals surface area (Å²) in [6, 6.07) is 14.2. The van der Waals surface area contributed by atoms with E-state index in [1.54, 1.807) is 16.2 Å². The molecule has 2 amide bonds. The fourth-order valence-electron chi connectivity index (χ4n) is 3.29. The molecule has 0 bridgehead atoms. The van der Waals surface area contributed by atoms with E-state index in [1.807, 2.05) is 31.3 Å². The molecule has 1 aliphatic rings. The van der Waals surface area contributed by atoms with Crippen molar-refractivity contribution < 1.29 is 4.79 Å². The number of carbonyl (C=O) groups excluding carboxylic acids is 1. The number of hydrogen-bond acceptors (Lipinski definition) is 3. The van der Waals surface area contributed by atoms with Crippen molar-refractivity contribution in [3.63, 3.8) is 0 Å². The summed E-state index contributed by atoms with van der Waals surface area (Å²) < 4.78 is 0. The Morgan fingerprint density at radius 1 is 1.20 bits per heavy atom. The molecule has 1 fully saturated rings. The molecule has 0 radical (unpaired) electrons. The molecule has 1 N–H and O–H groups in total. The Morgan fingerprint density at radius 2 is 1.96 bits per heavy atom. The lowest BCUT2D eigenvalue weighted by molar-refractivity contribution is 0.203. The van der Waals surface area contributed by atoms with Crippen molar-refractivity contribution >= 4 is 17.4 Å². The summed E-state index contributed by atoms with van der Waals surface area (Å²) >= 11 is 1.67. The quantitative estimate of drug-likeness (QED) is 0.814. The third-order valence-corrected chi connectivity index (χ3v) is 5.68. The molecule has 0 unspecified atom stereocenters. The molecule has 4 nitrogen and oxygen atoms in total. The smallest absolute Gasteiger partial charge is 0.317 e. The van der Waals surface area contributed by atoms with Gasteiger partial charge in [0.1, 0.15) is 0 Å². The molecule has 1 saturated heterocycles. The molecule has 5 heteroatoms. The van der Waals surface area contributed by atoms with E-state index in [-0.39, 0.29) is 12.1 Å². The van der Waals surface area contributed by atoms with E-state index in [4.69, 9.17) is 0 Å². The summed E-state index contributed by atoms with van der Waals surface area (Å²) in [5, 5.41) is 5.25. The number of rotatable bonds is 7. The average molecular weight is 358 g/mol. The van der Waals surface area contributed by atoms with Crippen LogP contribution in [0.1, 0.15) is 35.7 Å². The number of hydrogen-bond donors (Lipinski definition) is 1.